The highest BCUT2D eigenvalue weighted by Gasteiger charge is 2.19. The predicted molar refractivity (Wildman–Crippen MR) is 70.7 cm³/mol. The smallest absolute Gasteiger partial charge is 0.303 e. The third kappa shape index (κ3) is 2.73. The SMILES string of the molecule is Cc1nc(-c2ccncc2)c(C(C)CC(=O)O)s1. The first-order valence-corrected chi connectivity index (χ1v) is 6.49. The molecule has 1 unspecified atom stereocenters. The summed E-state index contributed by atoms with van der Waals surface area (Å²) in [6.45, 7) is 3.86. The molecule has 0 aliphatic rings. The summed E-state index contributed by atoms with van der Waals surface area (Å²) in [7, 11) is 0. The molecular weight excluding hydrogens is 248 g/mol. The first-order valence-electron chi connectivity index (χ1n) is 5.67. The summed E-state index contributed by atoms with van der Waals surface area (Å²) in [5, 5.41) is 9.84. The van der Waals surface area contributed by atoms with Crippen LogP contribution in [0.2, 0.25) is 0 Å². The molecule has 0 radical (unpaired) electrons. The zero-order valence-corrected chi connectivity index (χ0v) is 11.1. The number of thiazole rings is 1. The van der Waals surface area contributed by atoms with Crippen LogP contribution in [0.3, 0.4) is 0 Å². The highest BCUT2D eigenvalue weighted by atomic mass is 32.1. The number of aromatic nitrogens is 2. The molecule has 18 heavy (non-hydrogen) atoms. The Kier molecular flexibility index (Phi) is 3.72. The highest BCUT2D eigenvalue weighted by molar-refractivity contribution is 7.12. The van der Waals surface area contributed by atoms with Crippen molar-refractivity contribution in [3.05, 3.63) is 34.4 Å². The van der Waals surface area contributed by atoms with Crippen molar-refractivity contribution < 1.29 is 9.90 Å². The molecule has 0 bridgehead atoms. The first-order chi connectivity index (χ1) is 8.58. The topological polar surface area (TPSA) is 63.1 Å². The van der Waals surface area contributed by atoms with E-state index in [4.69, 9.17) is 5.11 Å². The Bertz CT molecular complexity index is 551. The Morgan fingerprint density at radius 2 is 2.11 bits per heavy atom. The van der Waals surface area contributed by atoms with Gasteiger partial charge in [0.1, 0.15) is 0 Å². The van der Waals surface area contributed by atoms with Gasteiger partial charge in [0, 0.05) is 28.8 Å². The molecule has 1 atom stereocenters. The van der Waals surface area contributed by atoms with E-state index in [1.54, 1.807) is 23.7 Å². The van der Waals surface area contributed by atoms with Gasteiger partial charge in [-0.2, -0.15) is 0 Å². The van der Waals surface area contributed by atoms with Crippen LogP contribution in [0.5, 0.6) is 0 Å². The number of carbonyl (C=O) groups is 1. The molecule has 0 aliphatic heterocycles. The van der Waals surface area contributed by atoms with Gasteiger partial charge in [0.2, 0.25) is 0 Å². The molecule has 0 aliphatic carbocycles. The molecule has 0 fully saturated rings. The number of aryl methyl sites for hydroxylation is 1. The van der Waals surface area contributed by atoms with E-state index in [1.807, 2.05) is 26.0 Å². The maximum absolute atomic E-state index is 10.8. The zero-order chi connectivity index (χ0) is 13.1. The van der Waals surface area contributed by atoms with E-state index < -0.39 is 5.97 Å². The molecular formula is C13H14N2O2S. The molecule has 1 N–H and O–H groups in total. The van der Waals surface area contributed by atoms with Crippen LogP contribution in [0.4, 0.5) is 0 Å². The van der Waals surface area contributed by atoms with Gasteiger partial charge in [-0.15, -0.1) is 11.3 Å². The van der Waals surface area contributed by atoms with E-state index in [9.17, 15) is 4.79 Å². The number of carboxylic acids is 1. The second kappa shape index (κ2) is 5.27. The summed E-state index contributed by atoms with van der Waals surface area (Å²) >= 11 is 1.56. The number of hydrogen-bond donors (Lipinski definition) is 1. The van der Waals surface area contributed by atoms with Crippen LogP contribution in [0.25, 0.3) is 11.3 Å². The zero-order valence-electron chi connectivity index (χ0n) is 10.3. The Hall–Kier alpha value is -1.75. The van der Waals surface area contributed by atoms with E-state index in [1.165, 1.54) is 0 Å². The van der Waals surface area contributed by atoms with Crippen LogP contribution in [0.1, 0.15) is 29.1 Å². The lowest BCUT2D eigenvalue weighted by atomic mass is 10.0. The highest BCUT2D eigenvalue weighted by Crippen LogP contribution is 2.34. The molecule has 0 saturated heterocycles. The van der Waals surface area contributed by atoms with Crippen molar-refractivity contribution in [1.29, 1.82) is 0 Å². The molecule has 2 rings (SSSR count). The van der Waals surface area contributed by atoms with Crippen molar-refractivity contribution in [2.75, 3.05) is 0 Å². The van der Waals surface area contributed by atoms with Crippen molar-refractivity contribution in [3.63, 3.8) is 0 Å². The average molecular weight is 262 g/mol. The number of carboxylic acid groups (broad SMARTS) is 1. The lowest BCUT2D eigenvalue weighted by Gasteiger charge is -2.08. The van der Waals surface area contributed by atoms with Gasteiger partial charge < -0.3 is 5.11 Å². The van der Waals surface area contributed by atoms with E-state index in [2.05, 4.69) is 9.97 Å². The van der Waals surface area contributed by atoms with Gasteiger partial charge in [0.15, 0.2) is 0 Å². The molecule has 4 nitrogen and oxygen atoms in total. The Labute approximate surface area is 109 Å². The second-order valence-electron chi connectivity index (χ2n) is 4.18. The van der Waals surface area contributed by atoms with Crippen LogP contribution in [-0.2, 0) is 4.79 Å². The number of hydrogen-bond acceptors (Lipinski definition) is 4. The van der Waals surface area contributed by atoms with Crippen LogP contribution < -0.4 is 0 Å². The van der Waals surface area contributed by atoms with Gasteiger partial charge >= 0.3 is 5.97 Å². The predicted octanol–water partition coefficient (Wildman–Crippen LogP) is 3.09. The molecule has 0 saturated carbocycles. The third-order valence-corrected chi connectivity index (χ3v) is 3.84. The molecule has 2 aromatic rings. The summed E-state index contributed by atoms with van der Waals surface area (Å²) in [6.07, 6.45) is 3.56. The number of rotatable bonds is 4. The summed E-state index contributed by atoms with van der Waals surface area (Å²) < 4.78 is 0. The molecule has 0 amide bonds. The lowest BCUT2D eigenvalue weighted by molar-refractivity contribution is -0.137. The summed E-state index contributed by atoms with van der Waals surface area (Å²) in [5.74, 6) is -0.814. The number of pyridine rings is 1. The van der Waals surface area contributed by atoms with Crippen LogP contribution in [-0.4, -0.2) is 21.0 Å². The van der Waals surface area contributed by atoms with Crippen molar-refractivity contribution in [1.82, 2.24) is 9.97 Å². The van der Waals surface area contributed by atoms with Gasteiger partial charge in [0.05, 0.1) is 17.1 Å². The van der Waals surface area contributed by atoms with E-state index in [0.717, 1.165) is 21.1 Å². The first kappa shape index (κ1) is 12.7. The summed E-state index contributed by atoms with van der Waals surface area (Å²) in [4.78, 5) is 20.3. The maximum atomic E-state index is 10.8. The molecule has 0 aromatic carbocycles. The maximum Gasteiger partial charge on any atom is 0.303 e. The molecule has 2 aromatic heterocycles. The monoisotopic (exact) mass is 262 g/mol. The van der Waals surface area contributed by atoms with Gasteiger partial charge in [-0.25, -0.2) is 4.98 Å². The van der Waals surface area contributed by atoms with Gasteiger partial charge in [0.25, 0.3) is 0 Å². The van der Waals surface area contributed by atoms with E-state index >= 15 is 0 Å². The molecule has 5 heteroatoms. The fourth-order valence-electron chi connectivity index (χ4n) is 1.85. The molecule has 94 valence electrons. The standard InChI is InChI=1S/C13H14N2O2S/c1-8(7-11(16)17)13-12(15-9(2)18-13)10-3-5-14-6-4-10/h3-6,8H,7H2,1-2H3,(H,16,17). The molecule has 0 spiro atoms. The summed E-state index contributed by atoms with van der Waals surface area (Å²) in [6, 6.07) is 3.79. The van der Waals surface area contributed by atoms with Gasteiger partial charge in [-0.05, 0) is 19.1 Å². The fourth-order valence-corrected chi connectivity index (χ4v) is 2.85. The van der Waals surface area contributed by atoms with Gasteiger partial charge in [-0.1, -0.05) is 6.92 Å². The average Bonchev–Trinajstić information content (AvgIpc) is 2.72. The van der Waals surface area contributed by atoms with Crippen molar-refractivity contribution in [2.24, 2.45) is 0 Å². The van der Waals surface area contributed by atoms with E-state index in [0.29, 0.717) is 0 Å². The number of aliphatic carboxylic acids is 1. The van der Waals surface area contributed by atoms with Gasteiger partial charge in [-0.3, -0.25) is 9.78 Å². The third-order valence-electron chi connectivity index (χ3n) is 2.64. The van der Waals surface area contributed by atoms with Crippen LogP contribution in [0, 0.1) is 6.92 Å². The normalized spacial score (nSPS) is 12.3. The van der Waals surface area contributed by atoms with Crippen molar-refractivity contribution >= 4 is 17.3 Å². The fraction of sp³-hybridized carbons (Fsp3) is 0.308. The minimum Gasteiger partial charge on any atom is -0.481 e. The van der Waals surface area contributed by atoms with Crippen molar-refractivity contribution in [3.8, 4) is 11.3 Å². The van der Waals surface area contributed by atoms with Crippen molar-refractivity contribution in [2.45, 2.75) is 26.2 Å². The second-order valence-corrected chi connectivity index (χ2v) is 5.42. The van der Waals surface area contributed by atoms with Crippen LogP contribution in [0.15, 0.2) is 24.5 Å². The van der Waals surface area contributed by atoms with E-state index in [-0.39, 0.29) is 12.3 Å². The number of nitrogens with zero attached hydrogens (tertiary/aromatic N) is 2. The summed E-state index contributed by atoms with van der Waals surface area (Å²) in [5.41, 5.74) is 1.87. The Balaban J connectivity index is 2.40. The Morgan fingerprint density at radius 3 is 2.72 bits per heavy atom. The molecule has 2 heterocycles. The van der Waals surface area contributed by atoms with Crippen LogP contribution >= 0.6 is 11.3 Å². The largest absolute Gasteiger partial charge is 0.481 e. The lowest BCUT2D eigenvalue weighted by Crippen LogP contribution is -2.02. The Morgan fingerprint density at radius 1 is 1.44 bits per heavy atom. The minimum absolute atomic E-state index is 0.0307. The minimum atomic E-state index is -0.783. The quantitative estimate of drug-likeness (QED) is 0.919.